The minimum Gasteiger partial charge on any atom is -0.383 e. The average molecular weight is 759 g/mol. The van der Waals surface area contributed by atoms with Crippen molar-refractivity contribution >= 4 is 46.6 Å². The van der Waals surface area contributed by atoms with Crippen molar-refractivity contribution in [1.29, 1.82) is 0 Å². The van der Waals surface area contributed by atoms with E-state index in [-0.39, 0.29) is 61.8 Å². The van der Waals surface area contributed by atoms with Gasteiger partial charge in [-0.2, -0.15) is 5.10 Å². The molecular formula is C36H41Cl2F2N8O4+. The first kappa shape index (κ1) is 37.4. The number of piperazine rings is 1. The van der Waals surface area contributed by atoms with E-state index >= 15 is 8.78 Å². The molecule has 12 nitrogen and oxygen atoms in total. The van der Waals surface area contributed by atoms with Crippen molar-refractivity contribution in [2.75, 3.05) is 72.4 Å². The molecule has 2 aromatic carbocycles. The Labute approximate surface area is 310 Å². The normalized spacial score (nSPS) is 17.1. The van der Waals surface area contributed by atoms with Crippen molar-refractivity contribution < 1.29 is 32.4 Å². The molecule has 0 bridgehead atoms. The molecule has 2 aliphatic rings. The van der Waals surface area contributed by atoms with E-state index < -0.39 is 17.5 Å². The Balaban J connectivity index is 1.12. The van der Waals surface area contributed by atoms with Crippen molar-refractivity contribution in [3.63, 3.8) is 0 Å². The van der Waals surface area contributed by atoms with Gasteiger partial charge in [0.15, 0.2) is 16.8 Å². The highest BCUT2D eigenvalue weighted by atomic mass is 35.5. The minimum atomic E-state index is -1.16. The first-order valence-corrected chi connectivity index (χ1v) is 17.7. The number of methoxy groups -OCH3 is 1. The Morgan fingerprint density at radius 1 is 1.00 bits per heavy atom. The number of halogens is 4. The van der Waals surface area contributed by atoms with Crippen LogP contribution in [0.4, 0.5) is 14.5 Å². The SMILES string of the molecule is COCCn1ncc(-c2ccc(-c3c(Cl)nc(C(=O)Nc4ccc(C(=O)N5CCN(C(=O)C6CC[N+](C)(C)C6)CC5)c(Cl)c4)n3C)c(F)c2F)c1C. The summed E-state index contributed by atoms with van der Waals surface area (Å²) in [6, 6.07) is 7.33. The quantitative estimate of drug-likeness (QED) is 0.237. The number of nitrogens with one attached hydrogen (secondary N) is 1. The zero-order valence-electron chi connectivity index (χ0n) is 29.7. The Hall–Kier alpha value is -4.37. The van der Waals surface area contributed by atoms with Crippen LogP contribution in [0.3, 0.4) is 0 Å². The van der Waals surface area contributed by atoms with Crippen LogP contribution in [0, 0.1) is 24.5 Å². The lowest BCUT2D eigenvalue weighted by atomic mass is 10.0. The number of nitrogens with zero attached hydrogens (tertiary/aromatic N) is 7. The minimum absolute atomic E-state index is 0.00861. The Morgan fingerprint density at radius 3 is 2.33 bits per heavy atom. The molecule has 52 heavy (non-hydrogen) atoms. The van der Waals surface area contributed by atoms with Gasteiger partial charge in [0.05, 0.1) is 68.7 Å². The summed E-state index contributed by atoms with van der Waals surface area (Å²) in [5.74, 6) is -3.21. The molecule has 4 heterocycles. The zero-order chi connectivity index (χ0) is 37.5. The molecule has 0 spiro atoms. The molecular weight excluding hydrogens is 717 g/mol. The van der Waals surface area contributed by atoms with Crippen LogP contribution < -0.4 is 5.32 Å². The number of hydrogen-bond acceptors (Lipinski definition) is 6. The molecule has 1 N–H and O–H groups in total. The number of ether oxygens (including phenoxy) is 1. The maximum Gasteiger partial charge on any atom is 0.291 e. The Bertz CT molecular complexity index is 2040. The van der Waals surface area contributed by atoms with E-state index in [1.807, 2.05) is 4.90 Å². The van der Waals surface area contributed by atoms with Gasteiger partial charge in [-0.05, 0) is 31.2 Å². The summed E-state index contributed by atoms with van der Waals surface area (Å²) in [5, 5.41) is 6.87. The molecule has 2 fully saturated rings. The molecule has 1 atom stereocenters. The third-order valence-corrected chi connectivity index (χ3v) is 10.6. The average Bonchev–Trinajstić information content (AvgIpc) is 3.77. The summed E-state index contributed by atoms with van der Waals surface area (Å²) in [6.45, 7) is 6.10. The third-order valence-electron chi connectivity index (χ3n) is 9.98. The van der Waals surface area contributed by atoms with Gasteiger partial charge in [-0.3, -0.25) is 19.1 Å². The van der Waals surface area contributed by atoms with Crippen molar-refractivity contribution in [1.82, 2.24) is 29.1 Å². The summed E-state index contributed by atoms with van der Waals surface area (Å²) < 4.78 is 40.0. The maximum atomic E-state index is 15.6. The number of benzene rings is 2. The highest BCUT2D eigenvalue weighted by molar-refractivity contribution is 6.34. The molecule has 0 aliphatic carbocycles. The number of quaternary nitrogens is 1. The van der Waals surface area contributed by atoms with Gasteiger partial charge in [0, 0.05) is 74.8 Å². The van der Waals surface area contributed by atoms with Crippen LogP contribution in [0.1, 0.15) is 33.1 Å². The molecule has 1 unspecified atom stereocenters. The molecule has 0 radical (unpaired) electrons. The first-order valence-electron chi connectivity index (χ1n) is 16.9. The Kier molecular flexibility index (Phi) is 10.7. The summed E-state index contributed by atoms with van der Waals surface area (Å²) in [7, 11) is 7.29. The van der Waals surface area contributed by atoms with E-state index in [2.05, 4.69) is 29.5 Å². The number of carbonyl (C=O) groups is 3. The van der Waals surface area contributed by atoms with Crippen molar-refractivity contribution in [3.8, 4) is 22.4 Å². The van der Waals surface area contributed by atoms with E-state index in [1.165, 1.54) is 48.1 Å². The van der Waals surface area contributed by atoms with E-state index in [0.29, 0.717) is 50.6 Å². The van der Waals surface area contributed by atoms with Gasteiger partial charge in [0.25, 0.3) is 11.8 Å². The molecule has 2 aromatic heterocycles. The fourth-order valence-electron chi connectivity index (χ4n) is 7.01. The fourth-order valence-corrected chi connectivity index (χ4v) is 7.58. The van der Waals surface area contributed by atoms with E-state index in [9.17, 15) is 14.4 Å². The second-order valence-corrected chi connectivity index (χ2v) is 14.6. The van der Waals surface area contributed by atoms with Crippen LogP contribution in [0.25, 0.3) is 22.4 Å². The lowest BCUT2D eigenvalue weighted by Gasteiger charge is -2.36. The molecule has 16 heteroatoms. The second kappa shape index (κ2) is 14.9. The summed E-state index contributed by atoms with van der Waals surface area (Å²) in [6.07, 6.45) is 2.34. The fraction of sp³-hybridized carbons (Fsp3) is 0.417. The molecule has 0 saturated carbocycles. The van der Waals surface area contributed by atoms with Crippen molar-refractivity contribution in [2.45, 2.75) is 19.9 Å². The smallest absolute Gasteiger partial charge is 0.291 e. The van der Waals surface area contributed by atoms with Crippen molar-refractivity contribution in [3.05, 3.63) is 75.4 Å². The van der Waals surface area contributed by atoms with E-state index in [1.54, 1.807) is 23.6 Å². The topological polar surface area (TPSA) is 115 Å². The third kappa shape index (κ3) is 7.29. The van der Waals surface area contributed by atoms with E-state index in [0.717, 1.165) is 24.0 Å². The number of hydrogen-bond donors (Lipinski definition) is 1. The number of imidazole rings is 1. The maximum absolute atomic E-state index is 15.6. The van der Waals surface area contributed by atoms with Gasteiger partial charge in [-0.1, -0.05) is 29.3 Å². The predicted molar refractivity (Wildman–Crippen MR) is 193 cm³/mol. The van der Waals surface area contributed by atoms with Gasteiger partial charge < -0.3 is 28.9 Å². The lowest BCUT2D eigenvalue weighted by molar-refractivity contribution is -0.878. The largest absolute Gasteiger partial charge is 0.383 e. The van der Waals surface area contributed by atoms with Gasteiger partial charge in [0.2, 0.25) is 11.7 Å². The van der Waals surface area contributed by atoms with Gasteiger partial charge in [-0.25, -0.2) is 13.8 Å². The van der Waals surface area contributed by atoms with Crippen molar-refractivity contribution in [2.24, 2.45) is 13.0 Å². The molecule has 6 rings (SSSR count). The molecule has 4 aromatic rings. The van der Waals surface area contributed by atoms with Gasteiger partial charge >= 0.3 is 0 Å². The number of rotatable bonds is 9. The van der Waals surface area contributed by atoms with Gasteiger partial charge in [0.1, 0.15) is 0 Å². The standard InChI is InChI=1S/C36H40Cl2F2N8O4/c1-21-27(19-41-47(21)15-17-52-5)24-8-9-26(30(40)29(24)39)31-32(38)43-33(44(31)2)34(49)42-23-6-7-25(28(37)18-23)36(51)46-13-11-45(12-14-46)35(50)22-10-16-48(3,4)20-22/h6-9,18-19,22H,10-17,20H2,1-5H3/p+1. The first-order chi connectivity index (χ1) is 24.7. The highest BCUT2D eigenvalue weighted by Crippen LogP contribution is 2.36. The second-order valence-electron chi connectivity index (χ2n) is 13.9. The number of likely N-dealkylation sites (tertiary alicyclic amines) is 1. The Morgan fingerprint density at radius 2 is 1.67 bits per heavy atom. The summed E-state index contributed by atoms with van der Waals surface area (Å²) in [4.78, 5) is 47.4. The number of carbonyl (C=O) groups excluding carboxylic acids is 3. The molecule has 276 valence electrons. The summed E-state index contributed by atoms with van der Waals surface area (Å²) >= 11 is 12.9. The summed E-state index contributed by atoms with van der Waals surface area (Å²) in [5.41, 5.74) is 1.47. The lowest BCUT2D eigenvalue weighted by Crippen LogP contribution is -2.52. The van der Waals surface area contributed by atoms with Gasteiger partial charge in [-0.15, -0.1) is 0 Å². The van der Waals surface area contributed by atoms with Crippen LogP contribution in [0.2, 0.25) is 10.2 Å². The monoisotopic (exact) mass is 757 g/mol. The number of anilines is 1. The van der Waals surface area contributed by atoms with Crippen LogP contribution >= 0.6 is 23.2 Å². The zero-order valence-corrected chi connectivity index (χ0v) is 31.2. The highest BCUT2D eigenvalue weighted by Gasteiger charge is 2.39. The van der Waals surface area contributed by atoms with E-state index in [4.69, 9.17) is 27.9 Å². The predicted octanol–water partition coefficient (Wildman–Crippen LogP) is 5.12. The van der Waals surface area contributed by atoms with Crippen LogP contribution in [0.15, 0.2) is 36.5 Å². The molecule has 3 amide bonds. The number of amides is 3. The molecule has 2 aliphatic heterocycles. The van der Waals surface area contributed by atoms with Crippen LogP contribution in [-0.2, 0) is 23.1 Å². The number of aromatic nitrogens is 4. The molecule has 2 saturated heterocycles. The van der Waals surface area contributed by atoms with Crippen LogP contribution in [-0.4, -0.2) is 118 Å². The van der Waals surface area contributed by atoms with Crippen LogP contribution in [0.5, 0.6) is 0 Å².